The summed E-state index contributed by atoms with van der Waals surface area (Å²) in [5.74, 6) is 1.14. The number of rotatable bonds is 9. The van der Waals surface area contributed by atoms with Gasteiger partial charge < -0.3 is 10.1 Å². The van der Waals surface area contributed by atoms with Crippen LogP contribution in [0.25, 0.3) is 0 Å². The minimum absolute atomic E-state index is 0.422. The number of benzene rings is 1. The fraction of sp³-hybridized carbons (Fsp3) is 0.667. The number of unbranched alkanes of at least 4 members (excludes halogenated alkanes) is 3. The van der Waals surface area contributed by atoms with Gasteiger partial charge in [-0.05, 0) is 37.1 Å². The maximum atomic E-state index is 5.91. The lowest BCUT2D eigenvalue weighted by Crippen LogP contribution is -2.22. The van der Waals surface area contributed by atoms with E-state index in [4.69, 9.17) is 4.74 Å². The van der Waals surface area contributed by atoms with Crippen LogP contribution in [0.4, 0.5) is 0 Å². The molecule has 2 nitrogen and oxygen atoms in total. The number of nitrogens with one attached hydrogen (secondary N) is 1. The highest BCUT2D eigenvalue weighted by Gasteiger charge is 2.22. The highest BCUT2D eigenvalue weighted by Crippen LogP contribution is 2.38. The van der Waals surface area contributed by atoms with Gasteiger partial charge in [0.2, 0.25) is 0 Å². The lowest BCUT2D eigenvalue weighted by Gasteiger charge is -2.21. The molecule has 2 rings (SSSR count). The first-order chi connectivity index (χ1) is 10.3. The summed E-state index contributed by atoms with van der Waals surface area (Å²) >= 11 is 3.66. The molecule has 0 radical (unpaired) electrons. The van der Waals surface area contributed by atoms with Gasteiger partial charge in [0.25, 0.3) is 0 Å². The molecule has 118 valence electrons. The molecule has 1 unspecified atom stereocenters. The molecule has 0 spiro atoms. The Morgan fingerprint density at radius 2 is 2.05 bits per heavy atom. The van der Waals surface area contributed by atoms with Crippen molar-refractivity contribution in [3.63, 3.8) is 0 Å². The van der Waals surface area contributed by atoms with E-state index in [-0.39, 0.29) is 0 Å². The molecule has 0 aliphatic carbocycles. The first-order valence-corrected chi connectivity index (χ1v) is 9.24. The molecular weight excluding hydrogens is 326 g/mol. The van der Waals surface area contributed by atoms with Crippen molar-refractivity contribution >= 4 is 15.9 Å². The zero-order valence-electron chi connectivity index (χ0n) is 13.4. The Balaban J connectivity index is 2.11. The molecule has 1 atom stereocenters. The number of ether oxygens (including phenoxy) is 1. The molecule has 21 heavy (non-hydrogen) atoms. The SMILES string of the molecule is CCCCCCC(NCCC)c1cc(Br)cc2c1OCC2. The van der Waals surface area contributed by atoms with E-state index < -0.39 is 0 Å². The molecule has 0 saturated heterocycles. The third-order valence-corrected chi connectivity index (χ3v) is 4.60. The van der Waals surface area contributed by atoms with E-state index >= 15 is 0 Å². The molecule has 1 aromatic rings. The van der Waals surface area contributed by atoms with Gasteiger partial charge in [-0.2, -0.15) is 0 Å². The topological polar surface area (TPSA) is 21.3 Å². The molecule has 0 amide bonds. The second-order valence-electron chi connectivity index (χ2n) is 5.94. The van der Waals surface area contributed by atoms with Crippen molar-refractivity contribution in [2.24, 2.45) is 0 Å². The maximum Gasteiger partial charge on any atom is 0.127 e. The van der Waals surface area contributed by atoms with E-state index in [0.29, 0.717) is 6.04 Å². The maximum absolute atomic E-state index is 5.91. The normalized spacial score (nSPS) is 14.8. The number of hydrogen-bond donors (Lipinski definition) is 1. The van der Waals surface area contributed by atoms with E-state index in [1.807, 2.05) is 0 Å². The molecule has 1 aliphatic heterocycles. The molecule has 0 saturated carbocycles. The standard InChI is InChI=1S/C18H28BrNO/c1-3-5-6-7-8-17(20-10-4-2)16-13-15(19)12-14-9-11-21-18(14)16/h12-13,17,20H,3-11H2,1-2H3. The van der Waals surface area contributed by atoms with Gasteiger partial charge >= 0.3 is 0 Å². The van der Waals surface area contributed by atoms with Gasteiger partial charge in [0.15, 0.2) is 0 Å². The molecule has 1 aromatic carbocycles. The number of halogens is 1. The van der Waals surface area contributed by atoms with Crippen LogP contribution in [-0.2, 0) is 6.42 Å². The monoisotopic (exact) mass is 353 g/mol. The first kappa shape index (κ1) is 16.8. The summed E-state index contributed by atoms with van der Waals surface area (Å²) in [6.45, 7) is 6.39. The zero-order valence-corrected chi connectivity index (χ0v) is 15.0. The van der Waals surface area contributed by atoms with Crippen LogP contribution in [-0.4, -0.2) is 13.2 Å². The van der Waals surface area contributed by atoms with Crippen LogP contribution < -0.4 is 10.1 Å². The van der Waals surface area contributed by atoms with Gasteiger partial charge in [-0.15, -0.1) is 0 Å². The molecule has 0 aromatic heterocycles. The second-order valence-corrected chi connectivity index (χ2v) is 6.85. The van der Waals surface area contributed by atoms with E-state index in [0.717, 1.165) is 25.3 Å². The van der Waals surface area contributed by atoms with Gasteiger partial charge in [-0.3, -0.25) is 0 Å². The van der Waals surface area contributed by atoms with E-state index in [1.165, 1.54) is 54.1 Å². The Morgan fingerprint density at radius 3 is 2.81 bits per heavy atom. The van der Waals surface area contributed by atoms with Crippen LogP contribution in [0, 0.1) is 0 Å². The quantitative estimate of drug-likeness (QED) is 0.600. The minimum Gasteiger partial charge on any atom is -0.493 e. The summed E-state index contributed by atoms with van der Waals surface area (Å²) in [6, 6.07) is 4.88. The number of fused-ring (bicyclic) bond motifs is 1. The summed E-state index contributed by atoms with van der Waals surface area (Å²) in [7, 11) is 0. The predicted octanol–water partition coefficient (Wildman–Crippen LogP) is 5.40. The summed E-state index contributed by atoms with van der Waals surface area (Å²) in [6.07, 6.45) is 8.66. The third-order valence-electron chi connectivity index (χ3n) is 4.14. The van der Waals surface area contributed by atoms with Crippen LogP contribution in [0.5, 0.6) is 5.75 Å². The Kier molecular flexibility index (Phi) is 7.05. The minimum atomic E-state index is 0.422. The average Bonchev–Trinajstić information content (AvgIpc) is 2.94. The van der Waals surface area contributed by atoms with Crippen molar-refractivity contribution in [1.82, 2.24) is 5.32 Å². The van der Waals surface area contributed by atoms with Crippen LogP contribution in [0.3, 0.4) is 0 Å². The van der Waals surface area contributed by atoms with Crippen molar-refractivity contribution in [3.05, 3.63) is 27.7 Å². The van der Waals surface area contributed by atoms with Gasteiger partial charge in [0, 0.05) is 22.5 Å². The van der Waals surface area contributed by atoms with Crippen LogP contribution >= 0.6 is 15.9 Å². The Morgan fingerprint density at radius 1 is 1.19 bits per heavy atom. The second kappa shape index (κ2) is 8.79. The Labute approximate surface area is 137 Å². The molecule has 1 aliphatic rings. The third kappa shape index (κ3) is 4.72. The molecule has 1 N–H and O–H groups in total. The van der Waals surface area contributed by atoms with E-state index in [1.54, 1.807) is 0 Å². The fourth-order valence-corrected chi connectivity index (χ4v) is 3.54. The highest BCUT2D eigenvalue weighted by molar-refractivity contribution is 9.10. The van der Waals surface area contributed by atoms with Crippen LogP contribution in [0.2, 0.25) is 0 Å². The van der Waals surface area contributed by atoms with Crippen molar-refractivity contribution in [2.45, 2.75) is 64.8 Å². The lowest BCUT2D eigenvalue weighted by molar-refractivity contribution is 0.345. The van der Waals surface area contributed by atoms with Crippen LogP contribution in [0.15, 0.2) is 16.6 Å². The predicted molar refractivity (Wildman–Crippen MR) is 93.1 cm³/mol. The molecule has 0 bridgehead atoms. The molecule has 1 heterocycles. The average molecular weight is 354 g/mol. The van der Waals surface area contributed by atoms with E-state index in [9.17, 15) is 0 Å². The number of hydrogen-bond acceptors (Lipinski definition) is 2. The van der Waals surface area contributed by atoms with Gasteiger partial charge in [-0.1, -0.05) is 55.5 Å². The lowest BCUT2D eigenvalue weighted by atomic mass is 9.97. The van der Waals surface area contributed by atoms with Gasteiger partial charge in [-0.25, -0.2) is 0 Å². The van der Waals surface area contributed by atoms with Gasteiger partial charge in [0.05, 0.1) is 6.61 Å². The summed E-state index contributed by atoms with van der Waals surface area (Å²) in [4.78, 5) is 0. The first-order valence-electron chi connectivity index (χ1n) is 8.44. The van der Waals surface area contributed by atoms with Crippen LogP contribution in [0.1, 0.15) is 69.5 Å². The Hall–Kier alpha value is -0.540. The summed E-state index contributed by atoms with van der Waals surface area (Å²) in [5, 5.41) is 3.72. The highest BCUT2D eigenvalue weighted by atomic mass is 79.9. The Bertz CT molecular complexity index is 447. The van der Waals surface area contributed by atoms with Crippen molar-refractivity contribution < 1.29 is 4.74 Å². The van der Waals surface area contributed by atoms with E-state index in [2.05, 4.69) is 47.2 Å². The smallest absolute Gasteiger partial charge is 0.127 e. The fourth-order valence-electron chi connectivity index (χ4n) is 3.02. The molecule has 0 fully saturated rings. The summed E-state index contributed by atoms with van der Waals surface area (Å²) in [5.41, 5.74) is 2.71. The zero-order chi connectivity index (χ0) is 15.1. The van der Waals surface area contributed by atoms with Crippen molar-refractivity contribution in [2.75, 3.05) is 13.2 Å². The van der Waals surface area contributed by atoms with Crippen molar-refractivity contribution in [3.8, 4) is 5.75 Å². The van der Waals surface area contributed by atoms with Gasteiger partial charge in [0.1, 0.15) is 5.75 Å². The largest absolute Gasteiger partial charge is 0.493 e. The summed E-state index contributed by atoms with van der Waals surface area (Å²) < 4.78 is 7.09. The molecule has 3 heteroatoms. The van der Waals surface area contributed by atoms with Crippen molar-refractivity contribution in [1.29, 1.82) is 0 Å². The molecular formula is C18H28BrNO.